The fourth-order valence-electron chi connectivity index (χ4n) is 7.65. The highest BCUT2D eigenvalue weighted by Crippen LogP contribution is 2.15. The number of likely N-dealkylation sites (N-methyl/N-ethyl adjacent to an activating group) is 1. The van der Waals surface area contributed by atoms with Gasteiger partial charge in [-0.2, -0.15) is 0 Å². The van der Waals surface area contributed by atoms with E-state index in [0.717, 1.165) is 116 Å². The van der Waals surface area contributed by atoms with Crippen LogP contribution in [0.1, 0.15) is 206 Å². The lowest BCUT2D eigenvalue weighted by Gasteiger charge is -2.26. The SMILES string of the molecule is CC/C=C\C/C=C\C/C=C\C/C=C\C/C=C\C/C=C\C/C=C\C/C=C\CCCCCCCCCCCCCCC(=O)OC(COC(=O)CCC/C=C\C/C=C\C/C=C\C/C=C\C/C=C\CC)COC(OCC[N+](C)(C)C)C(=O)[O-]. The molecule has 0 spiro atoms. The van der Waals surface area contributed by atoms with Crippen molar-refractivity contribution in [2.75, 3.05) is 47.5 Å². The zero-order valence-corrected chi connectivity index (χ0v) is 50.4. The summed E-state index contributed by atoms with van der Waals surface area (Å²) in [4.78, 5) is 37.3. The lowest BCUT2D eigenvalue weighted by molar-refractivity contribution is -0.870. The molecule has 79 heavy (non-hydrogen) atoms. The van der Waals surface area contributed by atoms with E-state index >= 15 is 0 Å². The summed E-state index contributed by atoms with van der Waals surface area (Å²) in [5, 5.41) is 11.8. The van der Waals surface area contributed by atoms with Crippen LogP contribution in [0.3, 0.4) is 0 Å². The fraction of sp³-hybridized carbons (Fsp3) is 0.586. The monoisotopic (exact) mass is 1090 g/mol. The van der Waals surface area contributed by atoms with Gasteiger partial charge < -0.3 is 33.3 Å². The predicted molar refractivity (Wildman–Crippen MR) is 333 cm³/mol. The Morgan fingerprint density at radius 3 is 1.05 bits per heavy atom. The Hall–Kier alpha value is -5.09. The summed E-state index contributed by atoms with van der Waals surface area (Å²) in [7, 11) is 5.89. The van der Waals surface area contributed by atoms with E-state index in [4.69, 9.17) is 18.9 Å². The number of carbonyl (C=O) groups excluding carboxylic acids is 3. The summed E-state index contributed by atoms with van der Waals surface area (Å²) < 4.78 is 22.6. The number of allylic oxidation sites excluding steroid dienone is 26. The van der Waals surface area contributed by atoms with Crippen molar-refractivity contribution in [3.63, 3.8) is 0 Å². The summed E-state index contributed by atoms with van der Waals surface area (Å²) in [5.74, 6) is -2.38. The summed E-state index contributed by atoms with van der Waals surface area (Å²) in [6, 6.07) is 0. The van der Waals surface area contributed by atoms with Gasteiger partial charge in [0.25, 0.3) is 0 Å². The molecule has 0 amide bonds. The Bertz CT molecular complexity index is 1850. The number of hydrogen-bond acceptors (Lipinski definition) is 8. The highest BCUT2D eigenvalue weighted by Gasteiger charge is 2.22. The van der Waals surface area contributed by atoms with Crippen LogP contribution in [0.25, 0.3) is 0 Å². The second kappa shape index (κ2) is 59.0. The average molecular weight is 1090 g/mol. The molecule has 0 aromatic heterocycles. The lowest BCUT2D eigenvalue weighted by Crippen LogP contribution is -2.44. The fourth-order valence-corrected chi connectivity index (χ4v) is 7.65. The van der Waals surface area contributed by atoms with Crippen molar-refractivity contribution in [1.29, 1.82) is 0 Å². The number of esters is 2. The molecule has 0 saturated heterocycles. The van der Waals surface area contributed by atoms with Gasteiger partial charge in [-0.15, -0.1) is 0 Å². The predicted octanol–water partition coefficient (Wildman–Crippen LogP) is 17.2. The number of carboxylic acids is 1. The Morgan fingerprint density at radius 2 is 0.696 bits per heavy atom. The molecule has 444 valence electrons. The standard InChI is InChI=1S/C70H111NO8/c1-6-8-10-12-14-16-18-20-22-24-25-26-27-28-29-30-31-32-33-34-35-36-37-38-39-40-41-42-43-45-47-49-51-53-55-57-59-61-68(73)79-66(65-78-70(69(74)75)76-63-62-71(3,4)5)64-77-67(72)60-58-56-54-52-50-48-46-44-23-21-19-17-15-13-11-9-7-2/h8-11,14-17,20-23,25-26,28-29,31-32,34-35,37-38,46,48,52,54,66,70H,6-7,12-13,18-19,24,27,30,33,36,39-45,47,49-51,53,55-65H2,1-5H3/b10-8-,11-9-,16-14-,17-15-,22-20-,23-21-,26-25-,29-28-,32-31-,35-34-,38-37-,48-46-,54-52-. The number of unbranched alkanes of at least 4 members (excludes halogenated alkanes) is 13. The van der Waals surface area contributed by atoms with E-state index in [0.29, 0.717) is 23.9 Å². The molecule has 0 aliphatic carbocycles. The molecule has 2 atom stereocenters. The number of rotatable bonds is 54. The largest absolute Gasteiger partial charge is 0.545 e. The summed E-state index contributed by atoms with van der Waals surface area (Å²) in [5.41, 5.74) is 0. The highest BCUT2D eigenvalue weighted by molar-refractivity contribution is 5.70. The molecule has 0 aromatic rings. The molecule has 0 aliphatic rings. The van der Waals surface area contributed by atoms with Crippen molar-refractivity contribution in [3.8, 4) is 0 Å². The van der Waals surface area contributed by atoms with Gasteiger partial charge in [-0.25, -0.2) is 0 Å². The number of carbonyl (C=O) groups is 3. The van der Waals surface area contributed by atoms with Crippen molar-refractivity contribution in [1.82, 2.24) is 0 Å². The molecular formula is C70H111NO8. The summed E-state index contributed by atoms with van der Waals surface area (Å²) in [6.45, 7) is 4.42. The minimum absolute atomic E-state index is 0.130. The third-order valence-electron chi connectivity index (χ3n) is 12.3. The van der Waals surface area contributed by atoms with Gasteiger partial charge in [0, 0.05) is 12.8 Å². The molecule has 0 aromatic carbocycles. The van der Waals surface area contributed by atoms with Crippen molar-refractivity contribution >= 4 is 17.9 Å². The maximum atomic E-state index is 12.9. The molecular weight excluding hydrogens is 983 g/mol. The van der Waals surface area contributed by atoms with Crippen LogP contribution in [0.4, 0.5) is 0 Å². The van der Waals surface area contributed by atoms with Gasteiger partial charge in [-0.3, -0.25) is 9.59 Å². The normalized spacial score (nSPS) is 13.9. The van der Waals surface area contributed by atoms with Crippen LogP contribution in [-0.2, 0) is 33.3 Å². The lowest BCUT2D eigenvalue weighted by atomic mass is 10.0. The molecule has 0 heterocycles. The first kappa shape index (κ1) is 73.9. The number of hydrogen-bond donors (Lipinski definition) is 0. The van der Waals surface area contributed by atoms with Crippen LogP contribution in [0, 0.1) is 0 Å². The number of quaternary nitrogens is 1. The van der Waals surface area contributed by atoms with E-state index in [1.165, 1.54) is 51.4 Å². The van der Waals surface area contributed by atoms with Crippen molar-refractivity contribution in [3.05, 3.63) is 158 Å². The van der Waals surface area contributed by atoms with E-state index in [1.54, 1.807) is 0 Å². The first-order valence-corrected chi connectivity index (χ1v) is 30.6. The Kier molecular flexibility index (Phi) is 55.2. The second-order valence-electron chi connectivity index (χ2n) is 20.9. The Balaban J connectivity index is 4.22. The van der Waals surface area contributed by atoms with E-state index in [-0.39, 0.29) is 32.7 Å². The van der Waals surface area contributed by atoms with Crippen molar-refractivity contribution in [2.45, 2.75) is 219 Å². The van der Waals surface area contributed by atoms with Gasteiger partial charge >= 0.3 is 11.9 Å². The van der Waals surface area contributed by atoms with Crippen molar-refractivity contribution in [2.24, 2.45) is 0 Å². The highest BCUT2D eigenvalue weighted by atomic mass is 16.7. The average Bonchev–Trinajstić information content (AvgIpc) is 3.42. The Labute approximate surface area is 483 Å². The van der Waals surface area contributed by atoms with Crippen LogP contribution in [-0.4, -0.2) is 82.3 Å². The number of aliphatic carboxylic acids is 1. The van der Waals surface area contributed by atoms with Gasteiger partial charge in [0.15, 0.2) is 12.4 Å². The van der Waals surface area contributed by atoms with Gasteiger partial charge in [-0.1, -0.05) is 236 Å². The minimum Gasteiger partial charge on any atom is -0.545 e. The smallest absolute Gasteiger partial charge is 0.306 e. The third-order valence-corrected chi connectivity index (χ3v) is 12.3. The molecule has 0 radical (unpaired) electrons. The van der Waals surface area contributed by atoms with Crippen LogP contribution in [0.2, 0.25) is 0 Å². The van der Waals surface area contributed by atoms with Crippen LogP contribution >= 0.6 is 0 Å². The Morgan fingerprint density at radius 1 is 0.380 bits per heavy atom. The van der Waals surface area contributed by atoms with Crippen molar-refractivity contribution < 1.29 is 42.9 Å². The molecule has 0 saturated carbocycles. The maximum Gasteiger partial charge on any atom is 0.306 e. The second-order valence-corrected chi connectivity index (χ2v) is 20.9. The minimum atomic E-state index is -1.64. The van der Waals surface area contributed by atoms with E-state index in [2.05, 4.69) is 172 Å². The van der Waals surface area contributed by atoms with E-state index in [9.17, 15) is 19.5 Å². The first-order chi connectivity index (χ1) is 38.6. The van der Waals surface area contributed by atoms with Gasteiger partial charge in [-0.05, 0) is 116 Å². The molecule has 0 aliphatic heterocycles. The zero-order valence-electron chi connectivity index (χ0n) is 50.4. The van der Waals surface area contributed by atoms with E-state index in [1.807, 2.05) is 21.1 Å². The number of ether oxygens (including phenoxy) is 4. The quantitative estimate of drug-likeness (QED) is 0.0195. The summed E-state index contributed by atoms with van der Waals surface area (Å²) >= 11 is 0. The van der Waals surface area contributed by atoms with Crippen LogP contribution in [0.15, 0.2) is 158 Å². The number of carboxylic acid groups (broad SMARTS) is 1. The molecule has 0 rings (SSSR count). The third kappa shape index (κ3) is 60.4. The maximum absolute atomic E-state index is 12.9. The van der Waals surface area contributed by atoms with Crippen LogP contribution < -0.4 is 5.11 Å². The molecule has 2 unspecified atom stereocenters. The van der Waals surface area contributed by atoms with Gasteiger partial charge in [0.2, 0.25) is 0 Å². The summed E-state index contributed by atoms with van der Waals surface area (Å²) in [6.07, 6.45) is 84.6. The zero-order chi connectivity index (χ0) is 57.6. The molecule has 0 fully saturated rings. The van der Waals surface area contributed by atoms with E-state index < -0.39 is 30.3 Å². The van der Waals surface area contributed by atoms with Gasteiger partial charge in [0.05, 0.1) is 40.3 Å². The molecule has 9 nitrogen and oxygen atoms in total. The first-order valence-electron chi connectivity index (χ1n) is 30.6. The molecule has 9 heteroatoms. The molecule has 0 N–H and O–H groups in total. The van der Waals surface area contributed by atoms with Crippen LogP contribution in [0.5, 0.6) is 0 Å². The topological polar surface area (TPSA) is 111 Å². The molecule has 0 bridgehead atoms. The van der Waals surface area contributed by atoms with Gasteiger partial charge in [0.1, 0.15) is 13.2 Å². The number of nitrogens with zero attached hydrogens (tertiary/aromatic N) is 1.